The second kappa shape index (κ2) is 10.7. The van der Waals surface area contributed by atoms with E-state index in [-0.39, 0.29) is 0 Å². The Labute approximate surface area is 168 Å². The minimum Gasteiger partial charge on any atom is -0.489 e. The Kier molecular flexibility index (Phi) is 7.73. The fourth-order valence-electron chi connectivity index (χ4n) is 3.49. The monoisotopic (exact) mass is 381 g/mol. The number of benzene rings is 2. The minimum absolute atomic E-state index is 0.562. The van der Waals surface area contributed by atoms with Crippen LogP contribution in [0.1, 0.15) is 24.5 Å². The molecule has 3 rings (SSSR count). The predicted molar refractivity (Wildman–Crippen MR) is 114 cm³/mol. The summed E-state index contributed by atoms with van der Waals surface area (Å²) in [5.41, 5.74) is 2.26. The highest BCUT2D eigenvalue weighted by Crippen LogP contribution is 2.21. The second-order valence-electron chi connectivity index (χ2n) is 7.11. The average molecular weight is 382 g/mol. The summed E-state index contributed by atoms with van der Waals surface area (Å²) < 4.78 is 11.4. The lowest BCUT2D eigenvalue weighted by molar-refractivity contribution is 0.157. The molecule has 0 aliphatic carbocycles. The van der Waals surface area contributed by atoms with Crippen LogP contribution < -0.4 is 10.1 Å². The van der Waals surface area contributed by atoms with E-state index in [1.54, 1.807) is 7.11 Å². The highest BCUT2D eigenvalue weighted by molar-refractivity contribution is 5.80. The Bertz CT molecular complexity index is 749. The van der Waals surface area contributed by atoms with Crippen LogP contribution in [0, 0.1) is 5.92 Å². The minimum atomic E-state index is 0.562. The van der Waals surface area contributed by atoms with Crippen molar-refractivity contribution < 1.29 is 9.47 Å². The van der Waals surface area contributed by atoms with Gasteiger partial charge in [0.05, 0.1) is 13.2 Å². The molecular formula is C23H31N3O2. The van der Waals surface area contributed by atoms with Gasteiger partial charge in [-0.25, -0.2) is 4.99 Å². The van der Waals surface area contributed by atoms with Gasteiger partial charge in [-0.15, -0.1) is 0 Å². The molecule has 1 heterocycles. The summed E-state index contributed by atoms with van der Waals surface area (Å²) in [5, 5.41) is 3.43. The third-order valence-corrected chi connectivity index (χ3v) is 4.93. The van der Waals surface area contributed by atoms with Crippen molar-refractivity contribution in [1.82, 2.24) is 10.2 Å². The number of ether oxygens (including phenoxy) is 2. The molecule has 1 aliphatic heterocycles. The summed E-state index contributed by atoms with van der Waals surface area (Å²) in [6, 6.07) is 18.4. The van der Waals surface area contributed by atoms with Crippen LogP contribution in [0.3, 0.4) is 0 Å². The topological polar surface area (TPSA) is 46.1 Å². The van der Waals surface area contributed by atoms with Crippen molar-refractivity contribution in [3.8, 4) is 5.75 Å². The molecule has 1 N–H and O–H groups in total. The molecule has 28 heavy (non-hydrogen) atoms. The Morgan fingerprint density at radius 3 is 2.71 bits per heavy atom. The molecular weight excluding hydrogens is 350 g/mol. The van der Waals surface area contributed by atoms with Crippen molar-refractivity contribution >= 4 is 5.96 Å². The zero-order chi connectivity index (χ0) is 19.6. The number of rotatable bonds is 8. The molecule has 1 unspecified atom stereocenters. The van der Waals surface area contributed by atoms with Crippen LogP contribution in [-0.4, -0.2) is 44.2 Å². The van der Waals surface area contributed by atoms with Gasteiger partial charge in [-0.3, -0.25) is 0 Å². The molecule has 1 aliphatic rings. The zero-order valence-electron chi connectivity index (χ0n) is 16.9. The molecule has 5 nitrogen and oxygen atoms in total. The Morgan fingerprint density at radius 2 is 1.93 bits per heavy atom. The van der Waals surface area contributed by atoms with E-state index in [1.807, 2.05) is 36.4 Å². The Balaban J connectivity index is 1.65. The molecule has 1 saturated heterocycles. The Hall–Kier alpha value is -2.53. The van der Waals surface area contributed by atoms with Gasteiger partial charge < -0.3 is 19.7 Å². The van der Waals surface area contributed by atoms with E-state index in [2.05, 4.69) is 35.3 Å². The maximum Gasteiger partial charge on any atom is 0.194 e. The fraction of sp³-hybridized carbons (Fsp3) is 0.435. The highest BCUT2D eigenvalue weighted by Gasteiger charge is 2.24. The van der Waals surface area contributed by atoms with E-state index in [0.29, 0.717) is 19.1 Å². The number of hydrogen-bond acceptors (Lipinski definition) is 3. The lowest BCUT2D eigenvalue weighted by Crippen LogP contribution is -2.40. The first-order valence-corrected chi connectivity index (χ1v) is 10.1. The second-order valence-corrected chi connectivity index (χ2v) is 7.11. The summed E-state index contributed by atoms with van der Waals surface area (Å²) in [7, 11) is 1.77. The first-order chi connectivity index (χ1) is 13.8. The molecule has 1 atom stereocenters. The van der Waals surface area contributed by atoms with E-state index >= 15 is 0 Å². The lowest BCUT2D eigenvalue weighted by atomic mass is 10.1. The van der Waals surface area contributed by atoms with E-state index in [9.17, 15) is 0 Å². The molecule has 0 saturated carbocycles. The number of methoxy groups -OCH3 is 1. The zero-order valence-corrected chi connectivity index (χ0v) is 16.9. The molecule has 1 fully saturated rings. The summed E-state index contributed by atoms with van der Waals surface area (Å²) >= 11 is 0. The number of para-hydroxylation sites is 1. The summed E-state index contributed by atoms with van der Waals surface area (Å²) in [5.74, 6) is 2.44. The summed E-state index contributed by atoms with van der Waals surface area (Å²) in [6.07, 6.45) is 1.15. The van der Waals surface area contributed by atoms with Crippen LogP contribution in [0.4, 0.5) is 0 Å². The first-order valence-electron chi connectivity index (χ1n) is 10.1. The van der Waals surface area contributed by atoms with Crippen LogP contribution in [0.5, 0.6) is 5.75 Å². The third-order valence-electron chi connectivity index (χ3n) is 4.93. The van der Waals surface area contributed by atoms with Crippen molar-refractivity contribution in [3.05, 3.63) is 65.7 Å². The summed E-state index contributed by atoms with van der Waals surface area (Å²) in [4.78, 5) is 7.22. The fourth-order valence-corrected chi connectivity index (χ4v) is 3.49. The van der Waals surface area contributed by atoms with Gasteiger partial charge in [-0.1, -0.05) is 48.5 Å². The SMILES string of the molecule is CCNC(=NCc1ccccc1OCc1ccccc1)N1CCC(COC)C1. The van der Waals surface area contributed by atoms with Crippen molar-refractivity contribution in [3.63, 3.8) is 0 Å². The van der Waals surface area contributed by atoms with Gasteiger partial charge in [0, 0.05) is 38.2 Å². The lowest BCUT2D eigenvalue weighted by Gasteiger charge is -2.22. The maximum absolute atomic E-state index is 6.07. The van der Waals surface area contributed by atoms with Gasteiger partial charge in [-0.05, 0) is 25.0 Å². The molecule has 0 spiro atoms. The van der Waals surface area contributed by atoms with Gasteiger partial charge in [0.15, 0.2) is 5.96 Å². The van der Waals surface area contributed by atoms with Crippen molar-refractivity contribution in [2.45, 2.75) is 26.5 Å². The van der Waals surface area contributed by atoms with Crippen LogP contribution >= 0.6 is 0 Å². The normalized spacial score (nSPS) is 17.0. The molecule has 0 amide bonds. The van der Waals surface area contributed by atoms with Gasteiger partial charge in [-0.2, -0.15) is 0 Å². The standard InChI is InChI=1S/C23H31N3O2/c1-3-24-23(26-14-13-20(16-26)17-27-2)25-15-21-11-7-8-12-22(21)28-18-19-9-5-4-6-10-19/h4-12,20H,3,13-18H2,1-2H3,(H,24,25). The maximum atomic E-state index is 6.07. The van der Waals surface area contributed by atoms with Gasteiger partial charge >= 0.3 is 0 Å². The number of hydrogen-bond donors (Lipinski definition) is 1. The largest absolute Gasteiger partial charge is 0.489 e. The average Bonchev–Trinajstić information content (AvgIpc) is 3.20. The molecule has 0 aromatic heterocycles. The smallest absolute Gasteiger partial charge is 0.194 e. The van der Waals surface area contributed by atoms with E-state index in [1.165, 1.54) is 0 Å². The predicted octanol–water partition coefficient (Wildman–Crippen LogP) is 3.70. The van der Waals surface area contributed by atoms with Crippen LogP contribution in [-0.2, 0) is 17.9 Å². The molecule has 5 heteroatoms. The molecule has 2 aromatic carbocycles. The van der Waals surface area contributed by atoms with E-state index < -0.39 is 0 Å². The summed E-state index contributed by atoms with van der Waals surface area (Å²) in [6.45, 7) is 6.95. The number of guanidine groups is 1. The molecule has 2 aromatic rings. The van der Waals surface area contributed by atoms with Crippen LogP contribution in [0.25, 0.3) is 0 Å². The van der Waals surface area contributed by atoms with E-state index in [4.69, 9.17) is 14.5 Å². The number of nitrogens with one attached hydrogen (secondary N) is 1. The molecule has 150 valence electrons. The van der Waals surface area contributed by atoms with Gasteiger partial charge in [0.2, 0.25) is 0 Å². The number of nitrogens with zero attached hydrogens (tertiary/aromatic N) is 2. The van der Waals surface area contributed by atoms with Gasteiger partial charge in [0.1, 0.15) is 12.4 Å². The Morgan fingerprint density at radius 1 is 1.14 bits per heavy atom. The third kappa shape index (κ3) is 5.73. The van der Waals surface area contributed by atoms with E-state index in [0.717, 1.165) is 55.5 Å². The van der Waals surface area contributed by atoms with Crippen LogP contribution in [0.2, 0.25) is 0 Å². The van der Waals surface area contributed by atoms with Crippen LogP contribution in [0.15, 0.2) is 59.6 Å². The quantitative estimate of drug-likeness (QED) is 0.559. The van der Waals surface area contributed by atoms with Crippen molar-refractivity contribution in [2.24, 2.45) is 10.9 Å². The van der Waals surface area contributed by atoms with Crippen molar-refractivity contribution in [1.29, 1.82) is 0 Å². The highest BCUT2D eigenvalue weighted by atomic mass is 16.5. The number of aliphatic imine (C=N–C) groups is 1. The first kappa shape index (κ1) is 20.2. The molecule has 0 bridgehead atoms. The van der Waals surface area contributed by atoms with Crippen molar-refractivity contribution in [2.75, 3.05) is 33.4 Å². The number of likely N-dealkylation sites (tertiary alicyclic amines) is 1. The van der Waals surface area contributed by atoms with Gasteiger partial charge in [0.25, 0.3) is 0 Å². The molecule has 0 radical (unpaired) electrons.